The molecule has 2 nitrogen and oxygen atoms in total. The third kappa shape index (κ3) is 2.63. The number of hydrogen-bond donors (Lipinski definition) is 1. The van der Waals surface area contributed by atoms with Crippen molar-refractivity contribution in [3.63, 3.8) is 0 Å². The van der Waals surface area contributed by atoms with Gasteiger partial charge in [0.2, 0.25) is 0 Å². The first-order valence-electron chi connectivity index (χ1n) is 5.85. The van der Waals surface area contributed by atoms with E-state index < -0.39 is 0 Å². The third-order valence-electron chi connectivity index (χ3n) is 3.32. The summed E-state index contributed by atoms with van der Waals surface area (Å²) in [6.07, 6.45) is 1.23. The number of anilines is 1. The maximum Gasteiger partial charge on any atom is 0.106 e. The normalized spacial score (nSPS) is 24.1. The van der Waals surface area contributed by atoms with E-state index in [9.17, 15) is 0 Å². The molecule has 0 aliphatic carbocycles. The monoisotopic (exact) mass is 312 g/mol. The molecule has 1 fully saturated rings. The quantitative estimate of drug-likeness (QED) is 0.849. The summed E-state index contributed by atoms with van der Waals surface area (Å²) in [5, 5.41) is 0. The van der Waals surface area contributed by atoms with Crippen molar-refractivity contribution in [2.75, 3.05) is 11.4 Å². The molecule has 92 valence electrons. The zero-order valence-corrected chi connectivity index (χ0v) is 12.5. The minimum atomic E-state index is 0.466. The highest BCUT2D eigenvalue weighted by Crippen LogP contribution is 2.32. The molecule has 1 aliphatic heterocycles. The van der Waals surface area contributed by atoms with Gasteiger partial charge < -0.3 is 10.6 Å². The van der Waals surface area contributed by atoms with Crippen LogP contribution in [0.15, 0.2) is 22.7 Å². The van der Waals surface area contributed by atoms with Crippen molar-refractivity contribution >= 4 is 38.8 Å². The van der Waals surface area contributed by atoms with Gasteiger partial charge in [-0.25, -0.2) is 0 Å². The van der Waals surface area contributed by atoms with E-state index in [-0.39, 0.29) is 0 Å². The van der Waals surface area contributed by atoms with Crippen LogP contribution in [-0.2, 0) is 0 Å². The van der Waals surface area contributed by atoms with E-state index in [4.69, 9.17) is 18.0 Å². The molecule has 2 atom stereocenters. The molecular formula is C13H17BrN2S. The van der Waals surface area contributed by atoms with Gasteiger partial charge in [0.05, 0.1) is 0 Å². The number of nitrogens with two attached hydrogens (primary N) is 1. The Hall–Kier alpha value is -0.610. The van der Waals surface area contributed by atoms with Crippen LogP contribution >= 0.6 is 28.1 Å². The largest absolute Gasteiger partial charge is 0.389 e. The van der Waals surface area contributed by atoms with Crippen LogP contribution in [0.25, 0.3) is 0 Å². The predicted molar refractivity (Wildman–Crippen MR) is 80.6 cm³/mol. The third-order valence-corrected chi connectivity index (χ3v) is 4.03. The predicted octanol–water partition coefficient (Wildman–Crippen LogP) is 3.32. The fourth-order valence-corrected chi connectivity index (χ4v) is 3.12. The number of thiocarbonyl (C=S) groups is 1. The molecule has 1 aliphatic rings. The molecule has 17 heavy (non-hydrogen) atoms. The molecular weight excluding hydrogens is 296 g/mol. The SMILES string of the molecule is CC1CC(C)N(c2ccc(Br)cc2C(N)=S)C1. The number of rotatable bonds is 2. The van der Waals surface area contributed by atoms with Gasteiger partial charge in [-0.05, 0) is 37.5 Å². The van der Waals surface area contributed by atoms with Crippen LogP contribution in [0.3, 0.4) is 0 Å². The van der Waals surface area contributed by atoms with E-state index in [1.54, 1.807) is 0 Å². The van der Waals surface area contributed by atoms with Crippen molar-refractivity contribution in [2.45, 2.75) is 26.3 Å². The van der Waals surface area contributed by atoms with Crippen LogP contribution in [0.2, 0.25) is 0 Å². The van der Waals surface area contributed by atoms with E-state index in [0.717, 1.165) is 28.2 Å². The van der Waals surface area contributed by atoms with E-state index in [1.807, 2.05) is 12.1 Å². The summed E-state index contributed by atoms with van der Waals surface area (Å²) in [6.45, 7) is 5.63. The van der Waals surface area contributed by atoms with Crippen molar-refractivity contribution in [3.8, 4) is 0 Å². The highest BCUT2D eigenvalue weighted by atomic mass is 79.9. The molecule has 0 radical (unpaired) electrons. The molecule has 0 bridgehead atoms. The Morgan fingerprint density at radius 2 is 2.18 bits per heavy atom. The van der Waals surface area contributed by atoms with Crippen LogP contribution in [-0.4, -0.2) is 17.6 Å². The average molecular weight is 313 g/mol. The lowest BCUT2D eigenvalue weighted by atomic mass is 10.1. The van der Waals surface area contributed by atoms with E-state index in [1.165, 1.54) is 6.42 Å². The van der Waals surface area contributed by atoms with Gasteiger partial charge in [-0.2, -0.15) is 0 Å². The van der Waals surface area contributed by atoms with Crippen molar-refractivity contribution in [1.29, 1.82) is 0 Å². The first-order chi connectivity index (χ1) is 7.99. The minimum Gasteiger partial charge on any atom is -0.389 e. The summed E-state index contributed by atoms with van der Waals surface area (Å²) < 4.78 is 1.02. The summed E-state index contributed by atoms with van der Waals surface area (Å²) in [5.74, 6) is 0.729. The second-order valence-electron chi connectivity index (χ2n) is 4.87. The van der Waals surface area contributed by atoms with Gasteiger partial charge in [0.25, 0.3) is 0 Å². The Balaban J connectivity index is 2.41. The Labute approximate surface area is 116 Å². The van der Waals surface area contributed by atoms with E-state index >= 15 is 0 Å². The fraction of sp³-hybridized carbons (Fsp3) is 0.462. The standard InChI is InChI=1S/C13H17BrN2S/c1-8-5-9(2)16(7-8)12-4-3-10(14)6-11(12)13(15)17/h3-4,6,8-9H,5,7H2,1-2H3,(H2,15,17). The van der Waals surface area contributed by atoms with Gasteiger partial charge in [0.15, 0.2) is 0 Å². The molecule has 1 heterocycles. The Bertz CT molecular complexity index is 447. The van der Waals surface area contributed by atoms with Crippen LogP contribution < -0.4 is 10.6 Å². The summed E-state index contributed by atoms with van der Waals surface area (Å²) in [7, 11) is 0. The second kappa shape index (κ2) is 4.94. The van der Waals surface area contributed by atoms with Gasteiger partial charge in [0.1, 0.15) is 4.99 Å². The summed E-state index contributed by atoms with van der Waals surface area (Å²) in [5.41, 5.74) is 7.95. The average Bonchev–Trinajstić information content (AvgIpc) is 2.57. The lowest BCUT2D eigenvalue weighted by Crippen LogP contribution is -2.29. The molecule has 0 spiro atoms. The topological polar surface area (TPSA) is 29.3 Å². The second-order valence-corrected chi connectivity index (χ2v) is 6.22. The van der Waals surface area contributed by atoms with Gasteiger partial charge in [-0.3, -0.25) is 0 Å². The molecule has 1 aromatic rings. The van der Waals surface area contributed by atoms with E-state index in [0.29, 0.717) is 11.0 Å². The first kappa shape index (κ1) is 12.8. The van der Waals surface area contributed by atoms with Crippen LogP contribution in [0.5, 0.6) is 0 Å². The zero-order valence-electron chi connectivity index (χ0n) is 10.1. The smallest absolute Gasteiger partial charge is 0.106 e. The molecule has 0 saturated carbocycles. The Morgan fingerprint density at radius 3 is 2.71 bits per heavy atom. The van der Waals surface area contributed by atoms with Gasteiger partial charge >= 0.3 is 0 Å². The Kier molecular flexibility index (Phi) is 3.73. The summed E-state index contributed by atoms with van der Waals surface area (Å²) >= 11 is 8.61. The van der Waals surface area contributed by atoms with Crippen molar-refractivity contribution < 1.29 is 0 Å². The van der Waals surface area contributed by atoms with Crippen LogP contribution in [0, 0.1) is 5.92 Å². The summed E-state index contributed by atoms with van der Waals surface area (Å²) in [4.78, 5) is 2.87. The van der Waals surface area contributed by atoms with Crippen LogP contribution in [0.4, 0.5) is 5.69 Å². The molecule has 2 N–H and O–H groups in total. The van der Waals surface area contributed by atoms with Gasteiger partial charge in [-0.15, -0.1) is 0 Å². The molecule has 2 unspecified atom stereocenters. The molecule has 2 rings (SSSR count). The van der Waals surface area contributed by atoms with Crippen molar-refractivity contribution in [1.82, 2.24) is 0 Å². The maximum atomic E-state index is 5.82. The first-order valence-corrected chi connectivity index (χ1v) is 7.05. The van der Waals surface area contributed by atoms with Gasteiger partial charge in [0, 0.05) is 28.3 Å². The summed E-state index contributed by atoms with van der Waals surface area (Å²) in [6, 6.07) is 6.71. The van der Waals surface area contributed by atoms with Crippen LogP contribution in [0.1, 0.15) is 25.8 Å². The molecule has 0 amide bonds. The van der Waals surface area contributed by atoms with Crippen molar-refractivity contribution in [3.05, 3.63) is 28.2 Å². The zero-order chi connectivity index (χ0) is 12.6. The number of nitrogens with zero attached hydrogens (tertiary/aromatic N) is 1. The van der Waals surface area contributed by atoms with E-state index in [2.05, 4.69) is 40.7 Å². The number of hydrogen-bond acceptors (Lipinski definition) is 2. The lowest BCUT2D eigenvalue weighted by molar-refractivity contribution is 0.625. The van der Waals surface area contributed by atoms with Gasteiger partial charge in [-0.1, -0.05) is 35.1 Å². The molecule has 4 heteroatoms. The van der Waals surface area contributed by atoms with Crippen molar-refractivity contribution in [2.24, 2.45) is 11.7 Å². The Morgan fingerprint density at radius 1 is 1.47 bits per heavy atom. The molecule has 1 aromatic carbocycles. The number of benzene rings is 1. The minimum absolute atomic E-state index is 0.466. The fourth-order valence-electron chi connectivity index (χ4n) is 2.59. The number of halogens is 1. The maximum absolute atomic E-state index is 5.82. The lowest BCUT2D eigenvalue weighted by Gasteiger charge is -2.26. The molecule has 1 saturated heterocycles. The highest BCUT2D eigenvalue weighted by Gasteiger charge is 2.28. The highest BCUT2D eigenvalue weighted by molar-refractivity contribution is 9.10. The molecule has 0 aromatic heterocycles.